The van der Waals surface area contributed by atoms with Crippen molar-refractivity contribution < 1.29 is 9.90 Å². The lowest BCUT2D eigenvalue weighted by atomic mass is 9.94. The maximum atomic E-state index is 11.0. The van der Waals surface area contributed by atoms with E-state index in [9.17, 15) is 4.79 Å². The number of nitrogens with two attached hydrogens (primary N) is 1. The predicted octanol–water partition coefficient (Wildman–Crippen LogP) is 1.14. The van der Waals surface area contributed by atoms with Gasteiger partial charge in [-0.05, 0) is 31.9 Å². The second-order valence-electron chi connectivity index (χ2n) is 4.31. The van der Waals surface area contributed by atoms with Gasteiger partial charge in [0.1, 0.15) is 5.69 Å². The molecule has 0 aromatic carbocycles. The van der Waals surface area contributed by atoms with E-state index in [1.54, 1.807) is 12.1 Å². The van der Waals surface area contributed by atoms with Crippen LogP contribution in [0.5, 0.6) is 0 Å². The maximum Gasteiger partial charge on any atom is 0.267 e. The summed E-state index contributed by atoms with van der Waals surface area (Å²) < 4.78 is 0. The number of carbonyl (C=O) groups excluding carboxylic acids is 1. The zero-order valence-electron chi connectivity index (χ0n) is 10.2. The standard InChI is InChI=1S/C12H19N3O2/c1-3-12(2,5-7-16)15-9-4-6-14-10(8-9)11(13)17/h4,6,8,16H,3,5,7H2,1-2H3,(H2,13,17)(H,14,15). The van der Waals surface area contributed by atoms with Crippen molar-refractivity contribution in [2.75, 3.05) is 11.9 Å². The smallest absolute Gasteiger partial charge is 0.267 e. The predicted molar refractivity (Wildman–Crippen MR) is 66.8 cm³/mol. The first-order valence-corrected chi connectivity index (χ1v) is 5.65. The Balaban J connectivity index is 2.86. The van der Waals surface area contributed by atoms with E-state index in [4.69, 9.17) is 10.8 Å². The van der Waals surface area contributed by atoms with Crippen LogP contribution in [0.3, 0.4) is 0 Å². The van der Waals surface area contributed by atoms with Crippen molar-refractivity contribution in [2.24, 2.45) is 5.73 Å². The minimum Gasteiger partial charge on any atom is -0.396 e. The maximum absolute atomic E-state index is 11.0. The fourth-order valence-electron chi connectivity index (χ4n) is 1.57. The van der Waals surface area contributed by atoms with Crippen LogP contribution in [0.1, 0.15) is 37.2 Å². The van der Waals surface area contributed by atoms with E-state index in [0.29, 0.717) is 6.42 Å². The fraction of sp³-hybridized carbons (Fsp3) is 0.500. The Hall–Kier alpha value is -1.62. The van der Waals surface area contributed by atoms with Gasteiger partial charge in [-0.15, -0.1) is 0 Å². The summed E-state index contributed by atoms with van der Waals surface area (Å²) in [7, 11) is 0. The number of amides is 1. The van der Waals surface area contributed by atoms with E-state index in [0.717, 1.165) is 12.1 Å². The fourth-order valence-corrected chi connectivity index (χ4v) is 1.57. The van der Waals surface area contributed by atoms with Gasteiger partial charge in [0.25, 0.3) is 5.91 Å². The highest BCUT2D eigenvalue weighted by Gasteiger charge is 2.21. The van der Waals surface area contributed by atoms with Crippen molar-refractivity contribution in [1.29, 1.82) is 0 Å². The molecular formula is C12H19N3O2. The summed E-state index contributed by atoms with van der Waals surface area (Å²) in [5, 5.41) is 12.3. The number of anilines is 1. The first kappa shape index (κ1) is 13.4. The molecule has 0 saturated heterocycles. The van der Waals surface area contributed by atoms with Crippen LogP contribution < -0.4 is 11.1 Å². The van der Waals surface area contributed by atoms with E-state index >= 15 is 0 Å². The molecule has 1 heterocycles. The lowest BCUT2D eigenvalue weighted by Crippen LogP contribution is -2.35. The average molecular weight is 237 g/mol. The molecule has 94 valence electrons. The molecule has 5 heteroatoms. The Morgan fingerprint density at radius 1 is 1.65 bits per heavy atom. The molecule has 0 saturated carbocycles. The third-order valence-electron chi connectivity index (χ3n) is 2.90. The number of aromatic nitrogens is 1. The summed E-state index contributed by atoms with van der Waals surface area (Å²) >= 11 is 0. The molecule has 1 atom stereocenters. The number of rotatable bonds is 6. The minimum atomic E-state index is -0.547. The van der Waals surface area contributed by atoms with Crippen LogP contribution in [0.25, 0.3) is 0 Å². The van der Waals surface area contributed by atoms with Crippen LogP contribution in [-0.2, 0) is 0 Å². The average Bonchev–Trinajstić information content (AvgIpc) is 2.29. The highest BCUT2D eigenvalue weighted by molar-refractivity contribution is 5.91. The van der Waals surface area contributed by atoms with Gasteiger partial charge in [0, 0.05) is 24.0 Å². The zero-order chi connectivity index (χ0) is 12.9. The Labute approximate surface area is 101 Å². The number of primary amides is 1. The van der Waals surface area contributed by atoms with Gasteiger partial charge in [0.15, 0.2) is 0 Å². The summed E-state index contributed by atoms with van der Waals surface area (Å²) in [6.07, 6.45) is 3.04. The number of carbonyl (C=O) groups is 1. The molecule has 0 fully saturated rings. The van der Waals surface area contributed by atoms with Gasteiger partial charge in [-0.3, -0.25) is 9.78 Å². The zero-order valence-corrected chi connectivity index (χ0v) is 10.2. The molecule has 17 heavy (non-hydrogen) atoms. The number of aliphatic hydroxyl groups excluding tert-OH is 1. The lowest BCUT2D eigenvalue weighted by Gasteiger charge is -2.30. The Morgan fingerprint density at radius 2 is 2.35 bits per heavy atom. The SMILES string of the molecule is CCC(C)(CCO)Nc1ccnc(C(N)=O)c1. The van der Waals surface area contributed by atoms with Gasteiger partial charge in [-0.1, -0.05) is 6.92 Å². The molecule has 0 spiro atoms. The summed E-state index contributed by atoms with van der Waals surface area (Å²) in [6, 6.07) is 3.39. The van der Waals surface area contributed by atoms with Gasteiger partial charge in [-0.2, -0.15) is 0 Å². The molecule has 0 radical (unpaired) electrons. The van der Waals surface area contributed by atoms with Gasteiger partial charge in [0.05, 0.1) is 0 Å². The summed E-state index contributed by atoms with van der Waals surface area (Å²) in [4.78, 5) is 14.9. The third-order valence-corrected chi connectivity index (χ3v) is 2.90. The summed E-state index contributed by atoms with van der Waals surface area (Å²) in [6.45, 7) is 4.18. The topological polar surface area (TPSA) is 88.2 Å². The molecule has 0 bridgehead atoms. The molecule has 4 N–H and O–H groups in total. The monoisotopic (exact) mass is 237 g/mol. The number of nitrogens with one attached hydrogen (secondary N) is 1. The molecule has 0 aliphatic rings. The van der Waals surface area contributed by atoms with Crippen molar-refractivity contribution in [3.8, 4) is 0 Å². The van der Waals surface area contributed by atoms with Crippen LogP contribution in [0, 0.1) is 0 Å². The van der Waals surface area contributed by atoms with Crippen LogP contribution in [0.2, 0.25) is 0 Å². The first-order chi connectivity index (χ1) is 8.00. The number of hydrogen-bond acceptors (Lipinski definition) is 4. The Kier molecular flexibility index (Phi) is 4.45. The van der Waals surface area contributed by atoms with E-state index in [1.165, 1.54) is 6.20 Å². The number of aliphatic hydroxyl groups is 1. The molecule has 1 aromatic heterocycles. The Morgan fingerprint density at radius 3 is 2.88 bits per heavy atom. The molecule has 1 unspecified atom stereocenters. The molecule has 1 amide bonds. The number of pyridine rings is 1. The molecule has 1 rings (SSSR count). The second kappa shape index (κ2) is 5.63. The summed E-state index contributed by atoms with van der Waals surface area (Å²) in [5.41, 5.74) is 5.98. The van der Waals surface area contributed by atoms with Crippen LogP contribution in [-0.4, -0.2) is 28.1 Å². The molecule has 0 aliphatic heterocycles. The van der Waals surface area contributed by atoms with Crippen molar-refractivity contribution in [1.82, 2.24) is 4.98 Å². The van der Waals surface area contributed by atoms with Crippen LogP contribution in [0.15, 0.2) is 18.3 Å². The van der Waals surface area contributed by atoms with Gasteiger partial charge < -0.3 is 16.2 Å². The number of hydrogen-bond donors (Lipinski definition) is 3. The van der Waals surface area contributed by atoms with Crippen molar-refractivity contribution in [3.05, 3.63) is 24.0 Å². The molecular weight excluding hydrogens is 218 g/mol. The second-order valence-corrected chi connectivity index (χ2v) is 4.31. The van der Waals surface area contributed by atoms with E-state index in [1.807, 2.05) is 13.8 Å². The van der Waals surface area contributed by atoms with E-state index < -0.39 is 5.91 Å². The largest absolute Gasteiger partial charge is 0.396 e. The highest BCUT2D eigenvalue weighted by atomic mass is 16.3. The molecule has 1 aromatic rings. The molecule has 0 aliphatic carbocycles. The number of nitrogens with zero attached hydrogens (tertiary/aromatic N) is 1. The van der Waals surface area contributed by atoms with Gasteiger partial charge in [0.2, 0.25) is 0 Å². The summed E-state index contributed by atoms with van der Waals surface area (Å²) in [5.74, 6) is -0.547. The van der Waals surface area contributed by atoms with Gasteiger partial charge in [-0.25, -0.2) is 0 Å². The Bertz CT molecular complexity index is 395. The minimum absolute atomic E-state index is 0.116. The van der Waals surface area contributed by atoms with E-state index in [-0.39, 0.29) is 17.8 Å². The third kappa shape index (κ3) is 3.71. The van der Waals surface area contributed by atoms with Crippen molar-refractivity contribution in [3.63, 3.8) is 0 Å². The van der Waals surface area contributed by atoms with Crippen LogP contribution >= 0.6 is 0 Å². The van der Waals surface area contributed by atoms with Crippen molar-refractivity contribution in [2.45, 2.75) is 32.2 Å². The van der Waals surface area contributed by atoms with Crippen LogP contribution in [0.4, 0.5) is 5.69 Å². The lowest BCUT2D eigenvalue weighted by molar-refractivity contribution is 0.0995. The quantitative estimate of drug-likeness (QED) is 0.692. The highest BCUT2D eigenvalue weighted by Crippen LogP contribution is 2.21. The first-order valence-electron chi connectivity index (χ1n) is 5.65. The van der Waals surface area contributed by atoms with Crippen molar-refractivity contribution >= 4 is 11.6 Å². The van der Waals surface area contributed by atoms with Gasteiger partial charge >= 0.3 is 0 Å². The van der Waals surface area contributed by atoms with E-state index in [2.05, 4.69) is 10.3 Å². The molecule has 5 nitrogen and oxygen atoms in total. The normalized spacial score (nSPS) is 14.1.